The zero-order valence-corrected chi connectivity index (χ0v) is 12.4. The Morgan fingerprint density at radius 2 is 1.95 bits per heavy atom. The van der Waals surface area contributed by atoms with Gasteiger partial charge in [0, 0.05) is 6.07 Å². The maximum atomic E-state index is 9.53. The molecule has 0 amide bonds. The van der Waals surface area contributed by atoms with Gasteiger partial charge in [-0.1, -0.05) is 30.3 Å². The molecule has 0 aliphatic carbocycles. The second-order valence-electron chi connectivity index (χ2n) is 5.12. The van der Waals surface area contributed by atoms with Gasteiger partial charge in [0.1, 0.15) is 12.1 Å². The van der Waals surface area contributed by atoms with Crippen LogP contribution in [0.3, 0.4) is 0 Å². The first-order valence-electron chi connectivity index (χ1n) is 7.07. The highest BCUT2D eigenvalue weighted by molar-refractivity contribution is 5.38. The average molecular weight is 287 g/mol. The number of aliphatic hydroxyl groups excluding tert-OH is 1. The second-order valence-corrected chi connectivity index (χ2v) is 5.12. The van der Waals surface area contributed by atoms with E-state index < -0.39 is 0 Å². The smallest absolute Gasteiger partial charge is 0.218 e. The number of hydrogen-bond donors (Lipinski definition) is 2. The molecule has 0 bridgehead atoms. The number of rotatable bonds is 7. The normalized spacial score (nSPS) is 12.2. The summed E-state index contributed by atoms with van der Waals surface area (Å²) < 4.78 is 5.53. The van der Waals surface area contributed by atoms with Crippen molar-refractivity contribution in [2.24, 2.45) is 0 Å². The highest BCUT2D eigenvalue weighted by atomic mass is 16.5. The van der Waals surface area contributed by atoms with Crippen LogP contribution in [0.25, 0.3) is 0 Å². The quantitative estimate of drug-likeness (QED) is 0.817. The number of ether oxygens (including phenoxy) is 1. The molecule has 21 heavy (non-hydrogen) atoms. The minimum Gasteiger partial charge on any atom is -0.475 e. The monoisotopic (exact) mass is 287 g/mol. The fourth-order valence-corrected chi connectivity index (χ4v) is 1.99. The second kappa shape index (κ2) is 7.59. The molecule has 0 fully saturated rings. The van der Waals surface area contributed by atoms with Crippen LogP contribution in [0.4, 0.5) is 5.82 Å². The lowest BCUT2D eigenvalue weighted by Gasteiger charge is -2.17. The van der Waals surface area contributed by atoms with Gasteiger partial charge in [0.2, 0.25) is 5.88 Å². The van der Waals surface area contributed by atoms with Gasteiger partial charge in [0.15, 0.2) is 0 Å². The Labute approximate surface area is 125 Å². The van der Waals surface area contributed by atoms with E-state index in [-0.39, 0.29) is 18.8 Å². The third-order valence-corrected chi connectivity index (χ3v) is 2.90. The number of hydrogen-bond acceptors (Lipinski definition) is 5. The van der Waals surface area contributed by atoms with Crippen LogP contribution in [0.2, 0.25) is 0 Å². The Hall–Kier alpha value is -2.14. The first-order valence-corrected chi connectivity index (χ1v) is 7.07. The van der Waals surface area contributed by atoms with E-state index in [2.05, 4.69) is 15.3 Å². The first-order chi connectivity index (χ1) is 10.2. The van der Waals surface area contributed by atoms with Gasteiger partial charge in [-0.15, -0.1) is 0 Å². The topological polar surface area (TPSA) is 67.3 Å². The van der Waals surface area contributed by atoms with Crippen molar-refractivity contribution in [2.45, 2.75) is 32.4 Å². The molecule has 0 aliphatic rings. The van der Waals surface area contributed by atoms with Crippen molar-refractivity contribution in [1.29, 1.82) is 0 Å². The largest absolute Gasteiger partial charge is 0.475 e. The molecule has 2 aromatic rings. The Kier molecular flexibility index (Phi) is 5.51. The number of benzene rings is 1. The van der Waals surface area contributed by atoms with Gasteiger partial charge < -0.3 is 15.2 Å². The van der Waals surface area contributed by atoms with Crippen LogP contribution >= 0.6 is 0 Å². The van der Waals surface area contributed by atoms with E-state index >= 15 is 0 Å². The van der Waals surface area contributed by atoms with E-state index in [9.17, 15) is 5.11 Å². The molecular weight excluding hydrogens is 266 g/mol. The molecule has 1 atom stereocenters. The van der Waals surface area contributed by atoms with E-state index in [4.69, 9.17) is 4.74 Å². The van der Waals surface area contributed by atoms with E-state index in [0.717, 1.165) is 12.0 Å². The van der Waals surface area contributed by atoms with Gasteiger partial charge in [-0.3, -0.25) is 0 Å². The maximum Gasteiger partial charge on any atom is 0.218 e. The van der Waals surface area contributed by atoms with Crippen molar-refractivity contribution < 1.29 is 9.84 Å². The fourth-order valence-electron chi connectivity index (χ4n) is 1.99. The fraction of sp³-hybridized carbons (Fsp3) is 0.375. The Morgan fingerprint density at radius 1 is 1.19 bits per heavy atom. The van der Waals surface area contributed by atoms with Crippen molar-refractivity contribution in [3.63, 3.8) is 0 Å². The van der Waals surface area contributed by atoms with Crippen LogP contribution < -0.4 is 10.1 Å². The molecule has 1 unspecified atom stereocenters. The molecule has 0 saturated carbocycles. The Bertz CT molecular complexity index is 546. The van der Waals surface area contributed by atoms with Crippen LogP contribution in [0.5, 0.6) is 5.88 Å². The summed E-state index contributed by atoms with van der Waals surface area (Å²) in [4.78, 5) is 8.22. The van der Waals surface area contributed by atoms with Crippen molar-refractivity contribution in [2.75, 3.05) is 11.9 Å². The summed E-state index contributed by atoms with van der Waals surface area (Å²) in [5, 5.41) is 12.7. The third kappa shape index (κ3) is 5.04. The van der Waals surface area contributed by atoms with Crippen molar-refractivity contribution >= 4 is 5.82 Å². The van der Waals surface area contributed by atoms with Gasteiger partial charge >= 0.3 is 0 Å². The molecule has 5 heteroatoms. The highest BCUT2D eigenvalue weighted by Gasteiger charge is 2.10. The summed E-state index contributed by atoms with van der Waals surface area (Å²) >= 11 is 0. The molecule has 5 nitrogen and oxygen atoms in total. The standard InChI is InChI=1S/C16H21N3O2/c1-12(2)21-16-9-15(17-11-18-16)19-14(10-20)8-13-6-4-3-5-7-13/h3-7,9,11-12,14,20H,8,10H2,1-2H3,(H,17,18,19). The number of nitrogens with zero attached hydrogens (tertiary/aromatic N) is 2. The number of aromatic nitrogens is 2. The predicted octanol–water partition coefficient (Wildman–Crippen LogP) is 2.28. The SMILES string of the molecule is CC(C)Oc1cc(NC(CO)Cc2ccccc2)ncn1. The molecule has 1 aromatic carbocycles. The molecule has 0 radical (unpaired) electrons. The lowest BCUT2D eigenvalue weighted by atomic mass is 10.1. The molecule has 0 spiro atoms. The van der Waals surface area contributed by atoms with Gasteiger partial charge in [0.25, 0.3) is 0 Å². The number of aliphatic hydroxyl groups is 1. The summed E-state index contributed by atoms with van der Waals surface area (Å²) in [5.74, 6) is 1.18. The Morgan fingerprint density at radius 3 is 2.62 bits per heavy atom. The molecule has 0 aliphatic heterocycles. The molecule has 112 valence electrons. The third-order valence-electron chi connectivity index (χ3n) is 2.90. The summed E-state index contributed by atoms with van der Waals surface area (Å²) in [7, 11) is 0. The van der Waals surface area contributed by atoms with Gasteiger partial charge in [-0.05, 0) is 25.8 Å². The van der Waals surface area contributed by atoms with Gasteiger partial charge in [-0.2, -0.15) is 0 Å². The van der Waals surface area contributed by atoms with Crippen LogP contribution in [-0.2, 0) is 6.42 Å². The zero-order chi connectivity index (χ0) is 15.1. The van der Waals surface area contributed by atoms with Crippen LogP contribution in [0.15, 0.2) is 42.7 Å². The lowest BCUT2D eigenvalue weighted by Crippen LogP contribution is -2.27. The number of nitrogens with one attached hydrogen (secondary N) is 1. The number of anilines is 1. The molecule has 2 rings (SSSR count). The molecular formula is C16H21N3O2. The van der Waals surface area contributed by atoms with E-state index in [0.29, 0.717) is 11.7 Å². The van der Waals surface area contributed by atoms with Gasteiger partial charge in [0.05, 0.1) is 18.8 Å². The van der Waals surface area contributed by atoms with Crippen LogP contribution in [0.1, 0.15) is 19.4 Å². The van der Waals surface area contributed by atoms with Crippen molar-refractivity contribution in [3.8, 4) is 5.88 Å². The molecule has 0 saturated heterocycles. The minimum absolute atomic E-state index is 0.0271. The highest BCUT2D eigenvalue weighted by Crippen LogP contribution is 2.14. The molecule has 1 aromatic heterocycles. The van der Waals surface area contributed by atoms with Crippen LogP contribution in [-0.4, -0.2) is 33.8 Å². The van der Waals surface area contributed by atoms with E-state index in [1.807, 2.05) is 44.2 Å². The van der Waals surface area contributed by atoms with Crippen molar-refractivity contribution in [1.82, 2.24) is 9.97 Å². The van der Waals surface area contributed by atoms with E-state index in [1.54, 1.807) is 6.07 Å². The van der Waals surface area contributed by atoms with Gasteiger partial charge in [-0.25, -0.2) is 9.97 Å². The Balaban J connectivity index is 2.01. The minimum atomic E-state index is -0.103. The molecule has 2 N–H and O–H groups in total. The summed E-state index contributed by atoms with van der Waals surface area (Å²) in [5.41, 5.74) is 1.16. The van der Waals surface area contributed by atoms with Crippen molar-refractivity contribution in [3.05, 3.63) is 48.3 Å². The summed E-state index contributed by atoms with van der Waals surface area (Å²) in [6, 6.07) is 11.7. The summed E-state index contributed by atoms with van der Waals surface area (Å²) in [6.45, 7) is 3.92. The first kappa shape index (κ1) is 15.3. The maximum absolute atomic E-state index is 9.53. The van der Waals surface area contributed by atoms with Crippen LogP contribution in [0, 0.1) is 0 Å². The predicted molar refractivity (Wildman–Crippen MR) is 82.4 cm³/mol. The zero-order valence-electron chi connectivity index (χ0n) is 12.4. The average Bonchev–Trinajstić information content (AvgIpc) is 2.47. The lowest BCUT2D eigenvalue weighted by molar-refractivity contribution is 0.232. The molecule has 1 heterocycles. The van der Waals surface area contributed by atoms with E-state index in [1.165, 1.54) is 6.33 Å². The summed E-state index contributed by atoms with van der Waals surface area (Å²) in [6.07, 6.45) is 2.24.